The van der Waals surface area contributed by atoms with Crippen LogP contribution in [0.3, 0.4) is 0 Å². The highest BCUT2D eigenvalue weighted by Gasteiger charge is 2.04. The summed E-state index contributed by atoms with van der Waals surface area (Å²) in [4.78, 5) is 0. The van der Waals surface area contributed by atoms with E-state index in [-0.39, 0.29) is 0 Å². The van der Waals surface area contributed by atoms with Gasteiger partial charge in [-0.25, -0.2) is 0 Å². The molecule has 0 unspecified atom stereocenters. The second-order valence-corrected chi connectivity index (χ2v) is 3.27. The van der Waals surface area contributed by atoms with Crippen LogP contribution in [0.2, 0.25) is 0 Å². The van der Waals surface area contributed by atoms with Gasteiger partial charge in [-0.2, -0.15) is 5.26 Å². The Morgan fingerprint density at radius 1 is 1.36 bits per heavy atom. The maximum atomic E-state index is 8.69. The standard InChI is InChI=1S/C9H8BrNO.C2H6/c1-6-3-7(5-11)8(10)4-9(6)12-2;1-2/h3-4H,1-2H3;1-2H3. The van der Waals surface area contributed by atoms with Crippen LogP contribution in [0.25, 0.3) is 0 Å². The number of methoxy groups -OCH3 is 1. The highest BCUT2D eigenvalue weighted by atomic mass is 79.9. The van der Waals surface area contributed by atoms with Crippen LogP contribution in [0.4, 0.5) is 0 Å². The van der Waals surface area contributed by atoms with E-state index in [0.29, 0.717) is 5.56 Å². The summed E-state index contributed by atoms with van der Waals surface area (Å²) in [7, 11) is 1.61. The zero-order valence-electron chi connectivity index (χ0n) is 8.89. The first kappa shape index (κ1) is 13.0. The van der Waals surface area contributed by atoms with Crippen molar-refractivity contribution in [2.75, 3.05) is 7.11 Å². The largest absolute Gasteiger partial charge is 0.496 e. The molecule has 0 N–H and O–H groups in total. The Kier molecular flexibility index (Phi) is 5.98. The summed E-state index contributed by atoms with van der Waals surface area (Å²) in [6, 6.07) is 5.68. The van der Waals surface area contributed by atoms with Gasteiger partial charge in [0.25, 0.3) is 0 Å². The fourth-order valence-corrected chi connectivity index (χ4v) is 1.38. The Bertz CT molecular complexity index is 341. The molecule has 14 heavy (non-hydrogen) atoms. The van der Waals surface area contributed by atoms with Gasteiger partial charge in [-0.15, -0.1) is 0 Å². The van der Waals surface area contributed by atoms with Crippen LogP contribution in [-0.4, -0.2) is 7.11 Å². The van der Waals surface area contributed by atoms with Crippen LogP contribution in [0, 0.1) is 18.3 Å². The maximum Gasteiger partial charge on any atom is 0.122 e. The molecule has 0 aliphatic carbocycles. The topological polar surface area (TPSA) is 33.0 Å². The van der Waals surface area contributed by atoms with Crippen LogP contribution >= 0.6 is 15.9 Å². The summed E-state index contributed by atoms with van der Waals surface area (Å²) >= 11 is 3.28. The molecule has 0 aliphatic rings. The fourth-order valence-electron chi connectivity index (χ4n) is 0.969. The van der Waals surface area contributed by atoms with Gasteiger partial charge >= 0.3 is 0 Å². The van der Waals surface area contributed by atoms with Gasteiger partial charge in [0.15, 0.2) is 0 Å². The third-order valence-electron chi connectivity index (χ3n) is 1.60. The van der Waals surface area contributed by atoms with Crippen LogP contribution in [0.1, 0.15) is 25.0 Å². The molecule has 2 nitrogen and oxygen atoms in total. The molecule has 1 aromatic carbocycles. The predicted molar refractivity (Wildman–Crippen MR) is 61.5 cm³/mol. The highest BCUT2D eigenvalue weighted by Crippen LogP contribution is 2.26. The number of ether oxygens (including phenoxy) is 1. The van der Waals surface area contributed by atoms with E-state index in [0.717, 1.165) is 15.8 Å². The second-order valence-electron chi connectivity index (χ2n) is 2.41. The lowest BCUT2D eigenvalue weighted by Crippen LogP contribution is -1.88. The fraction of sp³-hybridized carbons (Fsp3) is 0.364. The molecule has 0 saturated heterocycles. The number of nitrogens with zero attached hydrogens (tertiary/aromatic N) is 1. The number of hydrogen-bond acceptors (Lipinski definition) is 2. The van der Waals surface area contributed by atoms with E-state index in [2.05, 4.69) is 22.0 Å². The molecule has 1 aromatic rings. The Labute approximate surface area is 93.6 Å². The molecule has 0 radical (unpaired) electrons. The number of halogens is 1. The third kappa shape index (κ3) is 3.04. The van der Waals surface area contributed by atoms with Gasteiger partial charge in [-0.1, -0.05) is 13.8 Å². The molecule has 0 bridgehead atoms. The molecule has 0 aliphatic heterocycles. The van der Waals surface area contributed by atoms with Gasteiger partial charge < -0.3 is 4.74 Å². The average molecular weight is 256 g/mol. The normalized spacial score (nSPS) is 8.29. The van der Waals surface area contributed by atoms with Crippen molar-refractivity contribution in [2.45, 2.75) is 20.8 Å². The number of aryl methyl sites for hydroxylation is 1. The predicted octanol–water partition coefficient (Wildman–Crippen LogP) is 3.66. The van der Waals surface area contributed by atoms with Crippen LogP contribution in [0.15, 0.2) is 16.6 Å². The van der Waals surface area contributed by atoms with Gasteiger partial charge in [0.1, 0.15) is 11.8 Å². The van der Waals surface area contributed by atoms with E-state index in [1.807, 2.05) is 20.8 Å². The van der Waals surface area contributed by atoms with E-state index in [1.165, 1.54) is 0 Å². The average Bonchev–Trinajstić information content (AvgIpc) is 2.23. The number of benzene rings is 1. The number of nitriles is 1. The Morgan fingerprint density at radius 2 is 1.93 bits per heavy atom. The lowest BCUT2D eigenvalue weighted by atomic mass is 10.1. The first-order valence-electron chi connectivity index (χ1n) is 4.43. The maximum absolute atomic E-state index is 8.69. The molecular weight excluding hydrogens is 242 g/mol. The molecule has 0 amide bonds. The van der Waals surface area contributed by atoms with Gasteiger partial charge in [0.2, 0.25) is 0 Å². The van der Waals surface area contributed by atoms with Crippen molar-refractivity contribution in [3.8, 4) is 11.8 Å². The van der Waals surface area contributed by atoms with E-state index in [9.17, 15) is 0 Å². The molecule has 1 rings (SSSR count). The monoisotopic (exact) mass is 255 g/mol. The first-order valence-corrected chi connectivity index (χ1v) is 5.22. The van der Waals surface area contributed by atoms with Crippen molar-refractivity contribution >= 4 is 15.9 Å². The van der Waals surface area contributed by atoms with E-state index < -0.39 is 0 Å². The third-order valence-corrected chi connectivity index (χ3v) is 2.26. The van der Waals surface area contributed by atoms with E-state index in [4.69, 9.17) is 10.00 Å². The van der Waals surface area contributed by atoms with E-state index >= 15 is 0 Å². The van der Waals surface area contributed by atoms with Crippen molar-refractivity contribution in [3.63, 3.8) is 0 Å². The summed E-state index contributed by atoms with van der Waals surface area (Å²) < 4.78 is 5.86. The van der Waals surface area contributed by atoms with Crippen molar-refractivity contribution in [1.82, 2.24) is 0 Å². The summed E-state index contributed by atoms with van der Waals surface area (Å²) in [6.07, 6.45) is 0. The molecular formula is C11H14BrNO. The highest BCUT2D eigenvalue weighted by molar-refractivity contribution is 9.10. The molecule has 0 saturated carbocycles. The minimum Gasteiger partial charge on any atom is -0.496 e. The first-order chi connectivity index (χ1) is 6.69. The quantitative estimate of drug-likeness (QED) is 0.768. The Morgan fingerprint density at radius 3 is 2.36 bits per heavy atom. The smallest absolute Gasteiger partial charge is 0.122 e. The zero-order chi connectivity index (χ0) is 11.1. The number of hydrogen-bond donors (Lipinski definition) is 0. The Hall–Kier alpha value is -1.01. The Balaban J connectivity index is 0.000000791. The van der Waals surface area contributed by atoms with Gasteiger partial charge in [0.05, 0.1) is 12.7 Å². The summed E-state index contributed by atoms with van der Waals surface area (Å²) in [5.41, 5.74) is 1.60. The molecule has 0 spiro atoms. The minimum atomic E-state index is 0.633. The minimum absolute atomic E-state index is 0.633. The van der Waals surface area contributed by atoms with Crippen LogP contribution < -0.4 is 4.74 Å². The summed E-state index contributed by atoms with van der Waals surface area (Å²) in [5, 5.41) is 8.69. The SMILES string of the molecule is CC.COc1cc(Br)c(C#N)cc1C. The molecule has 3 heteroatoms. The van der Waals surface area contributed by atoms with Gasteiger partial charge in [-0.05, 0) is 40.5 Å². The summed E-state index contributed by atoms with van der Waals surface area (Å²) in [6.45, 7) is 5.91. The zero-order valence-corrected chi connectivity index (χ0v) is 10.5. The van der Waals surface area contributed by atoms with E-state index in [1.54, 1.807) is 19.2 Å². The summed E-state index contributed by atoms with van der Waals surface area (Å²) in [5.74, 6) is 0.792. The second kappa shape index (κ2) is 6.44. The lowest BCUT2D eigenvalue weighted by Gasteiger charge is -2.05. The van der Waals surface area contributed by atoms with Crippen molar-refractivity contribution in [2.24, 2.45) is 0 Å². The molecule has 0 fully saturated rings. The molecule has 0 aromatic heterocycles. The number of rotatable bonds is 1. The van der Waals surface area contributed by atoms with Gasteiger partial charge in [0, 0.05) is 4.47 Å². The molecule has 76 valence electrons. The van der Waals surface area contributed by atoms with Crippen LogP contribution in [-0.2, 0) is 0 Å². The van der Waals surface area contributed by atoms with Crippen LogP contribution in [0.5, 0.6) is 5.75 Å². The molecule has 0 heterocycles. The lowest BCUT2D eigenvalue weighted by molar-refractivity contribution is 0.411. The van der Waals surface area contributed by atoms with Crippen molar-refractivity contribution in [1.29, 1.82) is 5.26 Å². The van der Waals surface area contributed by atoms with Gasteiger partial charge in [-0.3, -0.25) is 0 Å². The molecule has 0 atom stereocenters. The van der Waals surface area contributed by atoms with Crippen molar-refractivity contribution in [3.05, 3.63) is 27.7 Å². The van der Waals surface area contributed by atoms with Crippen molar-refractivity contribution < 1.29 is 4.74 Å².